The molecule has 0 N–H and O–H groups in total. The molecule has 0 unspecified atom stereocenters. The summed E-state index contributed by atoms with van der Waals surface area (Å²) in [6, 6.07) is 2.25. The van der Waals surface area contributed by atoms with Crippen molar-refractivity contribution in [3.8, 4) is 5.75 Å². The van der Waals surface area contributed by atoms with Gasteiger partial charge in [0, 0.05) is 0 Å². The van der Waals surface area contributed by atoms with E-state index in [0.717, 1.165) is 12.1 Å². The van der Waals surface area contributed by atoms with Gasteiger partial charge in [0.05, 0.1) is 6.61 Å². The van der Waals surface area contributed by atoms with Gasteiger partial charge in [0.1, 0.15) is 0 Å². The van der Waals surface area contributed by atoms with Gasteiger partial charge in [-0.05, 0) is 19.1 Å². The van der Waals surface area contributed by atoms with Gasteiger partial charge in [-0.25, -0.2) is 4.39 Å². The summed E-state index contributed by atoms with van der Waals surface area (Å²) >= 11 is 0. The average molecular weight is 246 g/mol. The minimum atomic E-state index is -5.14. The molecule has 0 aliphatic heterocycles. The van der Waals surface area contributed by atoms with Gasteiger partial charge in [-0.15, -0.1) is 5.46 Å². The van der Waals surface area contributed by atoms with E-state index >= 15 is 0 Å². The predicted octanol–water partition coefficient (Wildman–Crippen LogP) is -0.717. The summed E-state index contributed by atoms with van der Waals surface area (Å²) in [7, 11) is 0. The number of halogens is 4. The Hall–Kier alpha value is 0.441. The Kier molecular flexibility index (Phi) is 6.43. The fourth-order valence-electron chi connectivity index (χ4n) is 0.993. The molecule has 1 aromatic rings. The molecule has 0 bridgehead atoms. The van der Waals surface area contributed by atoms with E-state index in [0.29, 0.717) is 6.07 Å². The van der Waals surface area contributed by atoms with Crippen LogP contribution in [-0.2, 0) is 0 Å². The van der Waals surface area contributed by atoms with E-state index < -0.39 is 18.3 Å². The van der Waals surface area contributed by atoms with Gasteiger partial charge in [0.25, 0.3) is 0 Å². The van der Waals surface area contributed by atoms with Gasteiger partial charge in [-0.1, -0.05) is 6.07 Å². The van der Waals surface area contributed by atoms with Gasteiger partial charge < -0.3 is 17.7 Å². The minimum Gasteiger partial charge on any atom is -0.491 e. The molecule has 7 heteroatoms. The third-order valence-electron chi connectivity index (χ3n) is 1.63. The van der Waals surface area contributed by atoms with E-state index in [-0.39, 0.29) is 63.7 Å². The average Bonchev–Trinajstić information content (AvgIpc) is 2.07. The molecule has 0 aliphatic carbocycles. The normalized spacial score (nSPS) is 10.7. The van der Waals surface area contributed by atoms with Crippen LogP contribution in [0.5, 0.6) is 5.75 Å². The van der Waals surface area contributed by atoms with E-state index in [4.69, 9.17) is 4.74 Å². The molecule has 1 aromatic carbocycles. The molecule has 0 fully saturated rings. The second kappa shape index (κ2) is 6.24. The van der Waals surface area contributed by atoms with Crippen molar-refractivity contribution in [2.45, 2.75) is 6.92 Å². The Balaban J connectivity index is 0.00000196. The predicted molar refractivity (Wildman–Crippen MR) is 46.3 cm³/mol. The number of hydrogen-bond donors (Lipinski definition) is 0. The first kappa shape index (κ1) is 15.4. The Morgan fingerprint density at radius 2 is 1.87 bits per heavy atom. The molecule has 78 valence electrons. The van der Waals surface area contributed by atoms with Crippen molar-refractivity contribution < 1.29 is 73.5 Å². The third-order valence-corrected chi connectivity index (χ3v) is 1.63. The summed E-state index contributed by atoms with van der Waals surface area (Å²) < 4.78 is 54.1. The second-order valence-corrected chi connectivity index (χ2v) is 2.70. The fraction of sp³-hybridized carbons (Fsp3) is 0.250. The summed E-state index contributed by atoms with van der Waals surface area (Å²) in [5.41, 5.74) is -0.953. The molecule has 0 saturated carbocycles. The number of rotatable bonds is 3. The number of benzene rings is 1. The first-order chi connectivity index (χ1) is 6.45. The van der Waals surface area contributed by atoms with Crippen molar-refractivity contribution in [2.75, 3.05) is 6.61 Å². The molecule has 0 spiro atoms. The van der Waals surface area contributed by atoms with Crippen LogP contribution in [0.25, 0.3) is 0 Å². The van der Waals surface area contributed by atoms with E-state index in [1.54, 1.807) is 6.92 Å². The minimum absolute atomic E-state index is 0. The molecule has 0 aromatic heterocycles. The molecule has 15 heavy (non-hydrogen) atoms. The smallest absolute Gasteiger partial charge is 0.491 e. The van der Waals surface area contributed by atoms with Crippen LogP contribution in [0.3, 0.4) is 0 Å². The van der Waals surface area contributed by atoms with Crippen LogP contribution >= 0.6 is 0 Å². The Labute approximate surface area is 128 Å². The maximum atomic E-state index is 13.0. The van der Waals surface area contributed by atoms with Crippen LogP contribution < -0.4 is 61.6 Å². The van der Waals surface area contributed by atoms with Gasteiger partial charge in [0.2, 0.25) is 0 Å². The SMILES string of the molecule is CCOc1ccc([B-](F)(F)F)cc1F.[K+]. The van der Waals surface area contributed by atoms with Gasteiger partial charge >= 0.3 is 58.4 Å². The zero-order chi connectivity index (χ0) is 10.8. The molecule has 1 rings (SSSR count). The molecule has 0 heterocycles. The Bertz CT molecular complexity index is 329. The molecular formula is C8H8BF4KO. The van der Waals surface area contributed by atoms with Crippen LogP contribution in [0, 0.1) is 5.82 Å². The molecule has 1 nitrogen and oxygen atoms in total. The molecule has 0 aliphatic rings. The Morgan fingerprint density at radius 3 is 2.27 bits per heavy atom. The zero-order valence-corrected chi connectivity index (χ0v) is 11.6. The molecule has 0 radical (unpaired) electrons. The van der Waals surface area contributed by atoms with Crippen molar-refractivity contribution in [1.82, 2.24) is 0 Å². The van der Waals surface area contributed by atoms with Gasteiger partial charge in [-0.2, -0.15) is 0 Å². The van der Waals surface area contributed by atoms with Gasteiger partial charge in [-0.3, -0.25) is 0 Å². The van der Waals surface area contributed by atoms with Crippen molar-refractivity contribution in [2.24, 2.45) is 0 Å². The van der Waals surface area contributed by atoms with E-state index in [2.05, 4.69) is 0 Å². The van der Waals surface area contributed by atoms with E-state index in [1.807, 2.05) is 0 Å². The summed E-state index contributed by atoms with van der Waals surface area (Å²) in [4.78, 5) is 0. The third kappa shape index (κ3) is 4.44. The molecule has 0 atom stereocenters. The van der Waals surface area contributed by atoms with E-state index in [1.165, 1.54) is 0 Å². The quantitative estimate of drug-likeness (QED) is 0.505. The standard InChI is InChI=1S/C8H8BF4O.K/c1-2-14-8-4-3-6(5-7(8)10)9(11,12)13;/h3-5H,2H2,1H3;/q-1;+1. The van der Waals surface area contributed by atoms with Crippen molar-refractivity contribution in [3.63, 3.8) is 0 Å². The maximum absolute atomic E-state index is 13.0. The summed E-state index contributed by atoms with van der Waals surface area (Å²) in [5.74, 6) is -1.14. The summed E-state index contributed by atoms with van der Waals surface area (Å²) in [6.07, 6.45) is 0. The molecule has 0 amide bonds. The largest absolute Gasteiger partial charge is 1.00 e. The zero-order valence-electron chi connectivity index (χ0n) is 8.44. The topological polar surface area (TPSA) is 9.23 Å². The van der Waals surface area contributed by atoms with Crippen LogP contribution in [0.4, 0.5) is 17.3 Å². The maximum Gasteiger partial charge on any atom is 1.00 e. The van der Waals surface area contributed by atoms with Crippen molar-refractivity contribution >= 4 is 12.4 Å². The molecular weight excluding hydrogens is 238 g/mol. The number of hydrogen-bond acceptors (Lipinski definition) is 1. The van der Waals surface area contributed by atoms with Gasteiger partial charge in [0.15, 0.2) is 11.6 Å². The van der Waals surface area contributed by atoms with Crippen LogP contribution in [-0.4, -0.2) is 13.6 Å². The summed E-state index contributed by atoms with van der Waals surface area (Å²) in [5, 5.41) is 0. The second-order valence-electron chi connectivity index (χ2n) is 2.70. The Morgan fingerprint density at radius 1 is 1.27 bits per heavy atom. The summed E-state index contributed by atoms with van der Waals surface area (Å²) in [6.45, 7) is -3.30. The van der Waals surface area contributed by atoms with Crippen LogP contribution in [0.15, 0.2) is 18.2 Å². The van der Waals surface area contributed by atoms with Crippen molar-refractivity contribution in [1.29, 1.82) is 0 Å². The molecule has 0 saturated heterocycles. The number of ether oxygens (including phenoxy) is 1. The van der Waals surface area contributed by atoms with Crippen LogP contribution in [0.2, 0.25) is 0 Å². The first-order valence-electron chi connectivity index (χ1n) is 4.07. The van der Waals surface area contributed by atoms with Crippen LogP contribution in [0.1, 0.15) is 6.92 Å². The van der Waals surface area contributed by atoms with E-state index in [9.17, 15) is 17.3 Å². The first-order valence-corrected chi connectivity index (χ1v) is 4.07. The monoisotopic (exact) mass is 246 g/mol. The van der Waals surface area contributed by atoms with Crippen molar-refractivity contribution in [3.05, 3.63) is 24.0 Å². The fourth-order valence-corrected chi connectivity index (χ4v) is 0.993.